The number of hydrogen-bond acceptors (Lipinski definition) is 1. The first kappa shape index (κ1) is 6.38. The van der Waals surface area contributed by atoms with Crippen molar-refractivity contribution in [3.8, 4) is 0 Å². The summed E-state index contributed by atoms with van der Waals surface area (Å²) in [7, 11) is 0. The molecule has 2 unspecified atom stereocenters. The Morgan fingerprint density at radius 1 is 1.20 bits per heavy atom. The lowest BCUT2D eigenvalue weighted by atomic mass is 9.72. The van der Waals surface area contributed by atoms with Crippen LogP contribution < -0.4 is 0 Å². The molecule has 0 N–H and O–H groups in total. The molecule has 0 saturated heterocycles. The molecule has 2 atom stereocenters. The fourth-order valence-corrected chi connectivity index (χ4v) is 2.40. The Hall–Kier alpha value is -0.330. The van der Waals surface area contributed by atoms with E-state index >= 15 is 0 Å². The van der Waals surface area contributed by atoms with Gasteiger partial charge < -0.3 is 0 Å². The van der Waals surface area contributed by atoms with Gasteiger partial charge in [-0.15, -0.1) is 0 Å². The highest BCUT2D eigenvalue weighted by molar-refractivity contribution is 5.81. The smallest absolute Gasteiger partial charge is 0.135 e. The molecule has 0 aromatic heterocycles. The van der Waals surface area contributed by atoms with Gasteiger partial charge in [-0.1, -0.05) is 12.8 Å². The fraction of sp³-hybridized carbons (Fsp3) is 0.889. The number of Topliss-reactive ketones (excluding diaryl/α,β-unsaturated/α-hetero) is 1. The Labute approximate surface area is 61.8 Å². The topological polar surface area (TPSA) is 17.1 Å². The zero-order valence-electron chi connectivity index (χ0n) is 6.31. The maximum Gasteiger partial charge on any atom is 0.135 e. The van der Waals surface area contributed by atoms with Crippen LogP contribution in [0.2, 0.25) is 0 Å². The Balaban J connectivity index is 2.07. The Kier molecular flexibility index (Phi) is 1.51. The molecule has 0 amide bonds. The van der Waals surface area contributed by atoms with Gasteiger partial charge in [-0.05, 0) is 25.2 Å². The summed E-state index contributed by atoms with van der Waals surface area (Å²) in [6, 6.07) is 0. The molecule has 2 fully saturated rings. The summed E-state index contributed by atoms with van der Waals surface area (Å²) < 4.78 is 0. The van der Waals surface area contributed by atoms with Crippen LogP contribution in [0.5, 0.6) is 0 Å². The lowest BCUT2D eigenvalue weighted by Gasteiger charge is -2.32. The molecule has 0 heterocycles. The van der Waals surface area contributed by atoms with Crippen molar-refractivity contribution in [1.82, 2.24) is 0 Å². The first-order valence-corrected chi connectivity index (χ1v) is 4.39. The molecule has 0 aromatic carbocycles. The number of rotatable bonds is 0. The molecule has 0 aromatic rings. The van der Waals surface area contributed by atoms with Crippen molar-refractivity contribution in [2.45, 2.75) is 38.5 Å². The van der Waals surface area contributed by atoms with E-state index in [1.807, 2.05) is 0 Å². The summed E-state index contributed by atoms with van der Waals surface area (Å²) in [6.45, 7) is 0. The highest BCUT2D eigenvalue weighted by atomic mass is 16.1. The van der Waals surface area contributed by atoms with Gasteiger partial charge in [0.25, 0.3) is 0 Å². The third-order valence-corrected chi connectivity index (χ3v) is 3.04. The molecule has 2 bridgehead atoms. The molecule has 1 nitrogen and oxygen atoms in total. The first-order valence-electron chi connectivity index (χ1n) is 4.39. The summed E-state index contributed by atoms with van der Waals surface area (Å²) >= 11 is 0. The molecule has 0 radical (unpaired) electrons. The zero-order chi connectivity index (χ0) is 6.97. The average Bonchev–Trinajstić information content (AvgIpc) is 1.99. The molecular formula is C9H14O. The second kappa shape index (κ2) is 2.37. The van der Waals surface area contributed by atoms with E-state index in [9.17, 15) is 4.79 Å². The number of hydrogen-bond donors (Lipinski definition) is 0. The molecule has 1 heteroatoms. The van der Waals surface area contributed by atoms with Crippen molar-refractivity contribution in [3.05, 3.63) is 0 Å². The summed E-state index contributed by atoms with van der Waals surface area (Å²) in [6.07, 6.45) is 7.18. The summed E-state index contributed by atoms with van der Waals surface area (Å²) in [5.41, 5.74) is 0. The molecule has 0 spiro atoms. The van der Waals surface area contributed by atoms with Crippen molar-refractivity contribution in [2.24, 2.45) is 11.8 Å². The SMILES string of the molecule is O=C1CCC2CCCC1C2. The lowest BCUT2D eigenvalue weighted by molar-refractivity contribution is -0.127. The quantitative estimate of drug-likeness (QED) is 0.501. The Morgan fingerprint density at radius 3 is 2.90 bits per heavy atom. The van der Waals surface area contributed by atoms with Crippen molar-refractivity contribution in [3.63, 3.8) is 0 Å². The normalized spacial score (nSPS) is 39.8. The molecule has 10 heavy (non-hydrogen) atoms. The fourth-order valence-electron chi connectivity index (χ4n) is 2.40. The van der Waals surface area contributed by atoms with Crippen molar-refractivity contribution >= 4 is 5.78 Å². The first-order chi connectivity index (χ1) is 4.86. The van der Waals surface area contributed by atoms with Crippen molar-refractivity contribution in [1.29, 1.82) is 0 Å². The minimum absolute atomic E-state index is 0.479. The van der Waals surface area contributed by atoms with E-state index in [4.69, 9.17) is 0 Å². The summed E-state index contributed by atoms with van der Waals surface area (Å²) in [5, 5.41) is 0. The maximum atomic E-state index is 11.2. The van der Waals surface area contributed by atoms with Gasteiger partial charge in [-0.25, -0.2) is 0 Å². The maximum absolute atomic E-state index is 11.2. The van der Waals surface area contributed by atoms with Gasteiger partial charge in [0, 0.05) is 12.3 Å². The number of carbonyl (C=O) groups excluding carboxylic acids is 1. The van der Waals surface area contributed by atoms with Crippen molar-refractivity contribution < 1.29 is 4.79 Å². The van der Waals surface area contributed by atoms with Gasteiger partial charge in [0.1, 0.15) is 5.78 Å². The molecule has 2 aliphatic carbocycles. The van der Waals surface area contributed by atoms with Gasteiger partial charge in [-0.2, -0.15) is 0 Å². The van der Waals surface area contributed by atoms with E-state index in [2.05, 4.69) is 0 Å². The van der Waals surface area contributed by atoms with Crippen molar-refractivity contribution in [2.75, 3.05) is 0 Å². The minimum atomic E-state index is 0.479. The number of ketones is 1. The van der Waals surface area contributed by atoms with Crippen LogP contribution >= 0.6 is 0 Å². The summed E-state index contributed by atoms with van der Waals surface area (Å²) in [4.78, 5) is 11.2. The standard InChI is InChI=1S/C9H14O/c10-9-5-4-7-2-1-3-8(9)6-7/h7-8H,1-6H2. The predicted octanol–water partition coefficient (Wildman–Crippen LogP) is 2.16. The van der Waals surface area contributed by atoms with Crippen LogP contribution in [0, 0.1) is 11.8 Å². The van der Waals surface area contributed by atoms with Gasteiger partial charge in [0.2, 0.25) is 0 Å². The van der Waals surface area contributed by atoms with Crippen LogP contribution in [0.3, 0.4) is 0 Å². The van der Waals surface area contributed by atoms with Crippen LogP contribution in [0.4, 0.5) is 0 Å². The van der Waals surface area contributed by atoms with E-state index in [1.54, 1.807) is 0 Å². The van der Waals surface area contributed by atoms with Crippen LogP contribution in [0.1, 0.15) is 38.5 Å². The molecular weight excluding hydrogens is 124 g/mol. The van der Waals surface area contributed by atoms with E-state index < -0.39 is 0 Å². The second-order valence-corrected chi connectivity index (χ2v) is 3.73. The monoisotopic (exact) mass is 138 g/mol. The number of fused-ring (bicyclic) bond motifs is 2. The van der Waals surface area contributed by atoms with Crippen LogP contribution in [-0.2, 0) is 4.79 Å². The van der Waals surface area contributed by atoms with E-state index in [1.165, 1.54) is 32.1 Å². The van der Waals surface area contributed by atoms with Gasteiger partial charge in [0.15, 0.2) is 0 Å². The van der Waals surface area contributed by atoms with Crippen LogP contribution in [0.15, 0.2) is 0 Å². The lowest BCUT2D eigenvalue weighted by Crippen LogP contribution is -2.28. The summed E-state index contributed by atoms with van der Waals surface area (Å²) in [5.74, 6) is 1.94. The second-order valence-electron chi connectivity index (χ2n) is 3.73. The predicted molar refractivity (Wildman–Crippen MR) is 39.7 cm³/mol. The third-order valence-electron chi connectivity index (χ3n) is 3.04. The Bertz CT molecular complexity index is 151. The molecule has 56 valence electrons. The van der Waals surface area contributed by atoms with E-state index in [-0.39, 0.29) is 0 Å². The molecule has 0 aliphatic heterocycles. The van der Waals surface area contributed by atoms with Gasteiger partial charge in [-0.3, -0.25) is 4.79 Å². The molecule has 2 aliphatic rings. The zero-order valence-corrected chi connectivity index (χ0v) is 6.31. The van der Waals surface area contributed by atoms with E-state index in [0.717, 1.165) is 12.3 Å². The van der Waals surface area contributed by atoms with Crippen LogP contribution in [0.25, 0.3) is 0 Å². The Morgan fingerprint density at radius 2 is 2.10 bits per heavy atom. The molecule has 2 saturated carbocycles. The third kappa shape index (κ3) is 0.979. The minimum Gasteiger partial charge on any atom is -0.299 e. The van der Waals surface area contributed by atoms with E-state index in [0.29, 0.717) is 11.7 Å². The number of carbonyl (C=O) groups is 1. The van der Waals surface area contributed by atoms with Gasteiger partial charge >= 0.3 is 0 Å². The highest BCUT2D eigenvalue weighted by Gasteiger charge is 2.31. The molecule has 2 rings (SSSR count). The largest absolute Gasteiger partial charge is 0.299 e. The average molecular weight is 138 g/mol. The highest BCUT2D eigenvalue weighted by Crippen LogP contribution is 2.37. The van der Waals surface area contributed by atoms with Crippen LogP contribution in [-0.4, -0.2) is 5.78 Å². The van der Waals surface area contributed by atoms with Gasteiger partial charge in [0.05, 0.1) is 0 Å².